The van der Waals surface area contributed by atoms with Crippen LogP contribution < -0.4 is 5.56 Å². The Hall–Kier alpha value is -2.47. The van der Waals surface area contributed by atoms with Gasteiger partial charge in [-0.25, -0.2) is 4.98 Å². The second-order valence-corrected chi connectivity index (χ2v) is 5.56. The van der Waals surface area contributed by atoms with Crippen LogP contribution in [0.3, 0.4) is 0 Å². The highest BCUT2D eigenvalue weighted by Crippen LogP contribution is 2.23. The number of fused-ring (bicyclic) bond motifs is 3. The molecule has 0 aliphatic heterocycles. The SMILES string of the molecule is Cc1cc2ncc3cc(-c4cccs4)c(=O)[nH]c3n2n1. The molecule has 4 rings (SSSR count). The largest absolute Gasteiger partial charge is 0.306 e. The molecule has 0 saturated heterocycles. The van der Waals surface area contributed by atoms with Gasteiger partial charge in [0.2, 0.25) is 0 Å². The summed E-state index contributed by atoms with van der Waals surface area (Å²) in [5, 5.41) is 7.18. The van der Waals surface area contributed by atoms with Gasteiger partial charge in [-0.15, -0.1) is 11.3 Å². The van der Waals surface area contributed by atoms with Crippen LogP contribution in [0.25, 0.3) is 27.1 Å². The van der Waals surface area contributed by atoms with Crippen LogP contribution in [0.2, 0.25) is 0 Å². The summed E-state index contributed by atoms with van der Waals surface area (Å²) in [6.45, 7) is 1.90. The zero-order valence-electron chi connectivity index (χ0n) is 10.6. The predicted octanol–water partition coefficient (Wildman–Crippen LogP) is 2.61. The van der Waals surface area contributed by atoms with E-state index >= 15 is 0 Å². The molecule has 5 nitrogen and oxygen atoms in total. The summed E-state index contributed by atoms with van der Waals surface area (Å²) < 4.78 is 1.67. The third-order valence-electron chi connectivity index (χ3n) is 3.20. The van der Waals surface area contributed by atoms with Gasteiger partial charge in [0.05, 0.1) is 11.3 Å². The lowest BCUT2D eigenvalue weighted by Crippen LogP contribution is -2.10. The third-order valence-corrected chi connectivity index (χ3v) is 4.10. The minimum atomic E-state index is -0.111. The van der Waals surface area contributed by atoms with E-state index in [0.717, 1.165) is 21.6 Å². The van der Waals surface area contributed by atoms with Crippen molar-refractivity contribution in [1.82, 2.24) is 19.6 Å². The Bertz CT molecular complexity index is 982. The van der Waals surface area contributed by atoms with E-state index in [-0.39, 0.29) is 5.56 Å². The first-order chi connectivity index (χ1) is 9.72. The van der Waals surface area contributed by atoms with Crippen molar-refractivity contribution >= 4 is 28.0 Å². The average Bonchev–Trinajstić information content (AvgIpc) is 3.06. The van der Waals surface area contributed by atoms with E-state index in [9.17, 15) is 4.79 Å². The first-order valence-corrected chi connectivity index (χ1v) is 7.02. The van der Waals surface area contributed by atoms with Crippen LogP contribution in [0, 0.1) is 6.92 Å². The third kappa shape index (κ3) is 1.58. The zero-order valence-corrected chi connectivity index (χ0v) is 11.4. The molecular formula is C14H10N4OS. The highest BCUT2D eigenvalue weighted by Gasteiger charge is 2.10. The number of hydrogen-bond donors (Lipinski definition) is 1. The summed E-state index contributed by atoms with van der Waals surface area (Å²) in [6, 6.07) is 7.61. The topological polar surface area (TPSA) is 63.0 Å². The number of thiophene rings is 1. The van der Waals surface area contributed by atoms with Crippen LogP contribution in [0.5, 0.6) is 0 Å². The van der Waals surface area contributed by atoms with Crippen molar-refractivity contribution in [1.29, 1.82) is 0 Å². The average molecular weight is 282 g/mol. The lowest BCUT2D eigenvalue weighted by Gasteiger charge is -2.03. The smallest absolute Gasteiger partial charge is 0.258 e. The first-order valence-electron chi connectivity index (χ1n) is 6.15. The predicted molar refractivity (Wildman–Crippen MR) is 79.2 cm³/mol. The molecule has 0 unspecified atom stereocenters. The molecule has 4 aromatic rings. The van der Waals surface area contributed by atoms with Gasteiger partial charge in [-0.3, -0.25) is 4.79 Å². The van der Waals surface area contributed by atoms with E-state index in [4.69, 9.17) is 0 Å². The molecule has 0 atom stereocenters. The molecule has 4 aromatic heterocycles. The summed E-state index contributed by atoms with van der Waals surface area (Å²) in [6.07, 6.45) is 1.76. The van der Waals surface area contributed by atoms with Gasteiger partial charge in [0.1, 0.15) is 5.65 Å². The van der Waals surface area contributed by atoms with Crippen molar-refractivity contribution in [2.24, 2.45) is 0 Å². The Balaban J connectivity index is 2.11. The number of nitrogens with zero attached hydrogens (tertiary/aromatic N) is 3. The molecule has 0 radical (unpaired) electrons. The first kappa shape index (κ1) is 11.4. The standard InChI is InChI=1S/C14H10N4OS/c1-8-5-12-15-7-9-6-10(11-3-2-4-20-11)14(19)16-13(9)18(12)17-8/h2-7H,1H3,(H,16,19). The van der Waals surface area contributed by atoms with E-state index in [0.29, 0.717) is 11.2 Å². The van der Waals surface area contributed by atoms with Crippen molar-refractivity contribution in [3.8, 4) is 10.4 Å². The minimum Gasteiger partial charge on any atom is -0.306 e. The van der Waals surface area contributed by atoms with Crippen molar-refractivity contribution in [3.63, 3.8) is 0 Å². The van der Waals surface area contributed by atoms with Gasteiger partial charge in [-0.2, -0.15) is 9.61 Å². The number of hydrogen-bond acceptors (Lipinski definition) is 4. The molecule has 0 aliphatic carbocycles. The molecule has 98 valence electrons. The molecule has 20 heavy (non-hydrogen) atoms. The maximum Gasteiger partial charge on any atom is 0.258 e. The number of nitrogens with one attached hydrogen (secondary N) is 1. The van der Waals surface area contributed by atoms with Crippen LogP contribution in [-0.2, 0) is 0 Å². The molecule has 0 spiro atoms. The van der Waals surface area contributed by atoms with Crippen LogP contribution in [-0.4, -0.2) is 19.6 Å². The summed E-state index contributed by atoms with van der Waals surface area (Å²) in [4.78, 5) is 20.5. The fourth-order valence-corrected chi connectivity index (χ4v) is 3.04. The summed E-state index contributed by atoms with van der Waals surface area (Å²) in [7, 11) is 0. The Morgan fingerprint density at radius 1 is 1.35 bits per heavy atom. The Morgan fingerprint density at radius 3 is 3.05 bits per heavy atom. The minimum absolute atomic E-state index is 0.111. The molecule has 0 fully saturated rings. The number of pyridine rings is 1. The molecule has 0 saturated carbocycles. The number of aromatic nitrogens is 4. The van der Waals surface area contributed by atoms with Crippen molar-refractivity contribution < 1.29 is 0 Å². The number of aryl methyl sites for hydroxylation is 1. The molecular weight excluding hydrogens is 272 g/mol. The normalized spacial score (nSPS) is 11.4. The number of H-pyrrole nitrogens is 1. The van der Waals surface area contributed by atoms with Crippen LogP contribution in [0.1, 0.15) is 5.69 Å². The van der Waals surface area contributed by atoms with Gasteiger partial charge in [0, 0.05) is 22.5 Å². The fourth-order valence-electron chi connectivity index (χ4n) is 2.30. The molecule has 0 bridgehead atoms. The molecule has 0 aromatic carbocycles. The van der Waals surface area contributed by atoms with Gasteiger partial charge in [0.15, 0.2) is 5.65 Å². The second-order valence-electron chi connectivity index (χ2n) is 4.61. The summed E-state index contributed by atoms with van der Waals surface area (Å²) >= 11 is 1.54. The van der Waals surface area contributed by atoms with E-state index < -0.39 is 0 Å². The quantitative estimate of drug-likeness (QED) is 0.583. The van der Waals surface area contributed by atoms with Crippen LogP contribution in [0.4, 0.5) is 0 Å². The molecule has 0 aliphatic rings. The fraction of sp³-hybridized carbons (Fsp3) is 0.0714. The van der Waals surface area contributed by atoms with E-state index in [1.54, 1.807) is 22.0 Å². The second kappa shape index (κ2) is 4.01. The van der Waals surface area contributed by atoms with E-state index in [2.05, 4.69) is 15.1 Å². The number of aromatic amines is 1. The number of rotatable bonds is 1. The van der Waals surface area contributed by atoms with E-state index in [1.165, 1.54) is 0 Å². The monoisotopic (exact) mass is 282 g/mol. The lowest BCUT2D eigenvalue weighted by molar-refractivity contribution is 0.936. The Morgan fingerprint density at radius 2 is 2.25 bits per heavy atom. The van der Waals surface area contributed by atoms with Crippen LogP contribution >= 0.6 is 11.3 Å². The van der Waals surface area contributed by atoms with Crippen LogP contribution in [0.15, 0.2) is 40.6 Å². The highest BCUT2D eigenvalue weighted by atomic mass is 32.1. The van der Waals surface area contributed by atoms with Gasteiger partial charge < -0.3 is 4.98 Å². The van der Waals surface area contributed by atoms with Crippen molar-refractivity contribution in [2.45, 2.75) is 6.92 Å². The van der Waals surface area contributed by atoms with E-state index in [1.807, 2.05) is 36.6 Å². The Kier molecular flexibility index (Phi) is 2.28. The Labute approximate surface area is 117 Å². The van der Waals surface area contributed by atoms with Gasteiger partial charge >= 0.3 is 0 Å². The maximum atomic E-state index is 12.3. The zero-order chi connectivity index (χ0) is 13.7. The summed E-state index contributed by atoms with van der Waals surface area (Å²) in [5.74, 6) is 0. The lowest BCUT2D eigenvalue weighted by atomic mass is 10.2. The summed E-state index contributed by atoms with van der Waals surface area (Å²) in [5.41, 5.74) is 2.83. The highest BCUT2D eigenvalue weighted by molar-refractivity contribution is 7.13. The maximum absolute atomic E-state index is 12.3. The van der Waals surface area contributed by atoms with Gasteiger partial charge in [-0.1, -0.05) is 6.07 Å². The molecule has 1 N–H and O–H groups in total. The molecule has 4 heterocycles. The molecule has 6 heteroatoms. The molecule has 0 amide bonds. The van der Waals surface area contributed by atoms with Crippen molar-refractivity contribution in [2.75, 3.05) is 0 Å². The van der Waals surface area contributed by atoms with Gasteiger partial charge in [0.25, 0.3) is 5.56 Å². The van der Waals surface area contributed by atoms with Crippen molar-refractivity contribution in [3.05, 3.63) is 51.9 Å². The van der Waals surface area contributed by atoms with Gasteiger partial charge in [-0.05, 0) is 24.4 Å².